The summed E-state index contributed by atoms with van der Waals surface area (Å²) in [5.74, 6) is 0.801. The zero-order valence-electron chi connectivity index (χ0n) is 9.14. The fraction of sp³-hybridized carbons (Fsp3) is 0.636. The highest BCUT2D eigenvalue weighted by atomic mass is 35.5. The summed E-state index contributed by atoms with van der Waals surface area (Å²) in [6.07, 6.45) is 7.38. The summed E-state index contributed by atoms with van der Waals surface area (Å²) in [5, 5.41) is 9.65. The summed E-state index contributed by atoms with van der Waals surface area (Å²) in [6, 6.07) is 0.353. The Morgan fingerprint density at radius 3 is 3.12 bits per heavy atom. The lowest BCUT2D eigenvalue weighted by molar-refractivity contribution is 0.262. The quantitative estimate of drug-likeness (QED) is 0.878. The van der Waals surface area contributed by atoms with E-state index < -0.39 is 0 Å². The van der Waals surface area contributed by atoms with Gasteiger partial charge in [0.05, 0.1) is 6.20 Å². The van der Waals surface area contributed by atoms with Crippen LogP contribution in [0, 0.1) is 0 Å². The molecule has 1 aliphatic heterocycles. The van der Waals surface area contributed by atoms with Crippen molar-refractivity contribution in [3.8, 4) is 0 Å². The van der Waals surface area contributed by atoms with Gasteiger partial charge in [0, 0.05) is 19.2 Å². The van der Waals surface area contributed by atoms with Gasteiger partial charge in [-0.3, -0.25) is 0 Å². The Bertz CT molecular complexity index is 346. The Hall–Kier alpha value is -0.870. The number of hydrogen-bond acceptors (Lipinski definition) is 4. The zero-order valence-corrected chi connectivity index (χ0v) is 9.90. The van der Waals surface area contributed by atoms with Crippen LogP contribution >= 0.6 is 11.6 Å². The van der Waals surface area contributed by atoms with Crippen LogP contribution < -0.4 is 4.90 Å². The Morgan fingerprint density at radius 2 is 2.38 bits per heavy atom. The molecule has 1 fully saturated rings. The van der Waals surface area contributed by atoms with Gasteiger partial charge in [-0.05, 0) is 25.7 Å². The minimum absolute atomic E-state index is 0.212. The summed E-state index contributed by atoms with van der Waals surface area (Å²) in [6.45, 7) is 1.17. The molecule has 0 unspecified atom stereocenters. The highest BCUT2D eigenvalue weighted by molar-refractivity contribution is 6.32. The van der Waals surface area contributed by atoms with Crippen molar-refractivity contribution in [2.75, 3.05) is 18.1 Å². The van der Waals surface area contributed by atoms with Crippen LogP contribution in [0.2, 0.25) is 5.02 Å². The van der Waals surface area contributed by atoms with Gasteiger partial charge in [0.15, 0.2) is 5.82 Å². The van der Waals surface area contributed by atoms with Gasteiger partial charge in [-0.15, -0.1) is 0 Å². The first-order valence-corrected chi connectivity index (χ1v) is 6.03. The number of nitrogens with zero attached hydrogens (tertiary/aromatic N) is 3. The normalized spacial score (nSPS) is 21.1. The van der Waals surface area contributed by atoms with Gasteiger partial charge >= 0.3 is 0 Å². The highest BCUT2D eigenvalue weighted by Gasteiger charge is 2.24. The summed E-state index contributed by atoms with van der Waals surface area (Å²) >= 11 is 6.09. The lowest BCUT2D eigenvalue weighted by Crippen LogP contribution is -2.40. The Labute approximate surface area is 100 Å². The molecule has 2 rings (SSSR count). The molecule has 1 aromatic heterocycles. The van der Waals surface area contributed by atoms with Crippen molar-refractivity contribution in [1.82, 2.24) is 9.97 Å². The van der Waals surface area contributed by atoms with E-state index >= 15 is 0 Å². The molecule has 1 saturated heterocycles. The maximum atomic E-state index is 9.06. The molecule has 1 aliphatic rings. The van der Waals surface area contributed by atoms with E-state index in [9.17, 15) is 0 Å². The van der Waals surface area contributed by atoms with E-state index in [4.69, 9.17) is 16.7 Å². The van der Waals surface area contributed by atoms with E-state index in [1.54, 1.807) is 6.20 Å². The van der Waals surface area contributed by atoms with Gasteiger partial charge < -0.3 is 10.0 Å². The van der Waals surface area contributed by atoms with Crippen molar-refractivity contribution in [2.24, 2.45) is 0 Å². The number of halogens is 1. The Kier molecular flexibility index (Phi) is 3.96. The van der Waals surface area contributed by atoms with Crippen LogP contribution in [-0.2, 0) is 0 Å². The molecule has 0 radical (unpaired) electrons. The predicted octanol–water partition coefficient (Wildman–Crippen LogP) is 1.87. The summed E-state index contributed by atoms with van der Waals surface area (Å²) < 4.78 is 0. The van der Waals surface area contributed by atoms with E-state index in [-0.39, 0.29) is 6.61 Å². The monoisotopic (exact) mass is 241 g/mol. The molecule has 88 valence electrons. The van der Waals surface area contributed by atoms with E-state index in [0.717, 1.165) is 31.6 Å². The molecule has 1 aromatic rings. The third-order valence-electron chi connectivity index (χ3n) is 3.01. The van der Waals surface area contributed by atoms with Crippen LogP contribution in [0.1, 0.15) is 25.7 Å². The average molecular weight is 242 g/mol. The maximum absolute atomic E-state index is 9.06. The minimum Gasteiger partial charge on any atom is -0.396 e. The highest BCUT2D eigenvalue weighted by Crippen LogP contribution is 2.29. The van der Waals surface area contributed by atoms with Crippen LogP contribution in [0.5, 0.6) is 0 Å². The van der Waals surface area contributed by atoms with Crippen LogP contribution in [0.4, 0.5) is 5.82 Å². The largest absolute Gasteiger partial charge is 0.396 e. The van der Waals surface area contributed by atoms with E-state index in [1.807, 2.05) is 0 Å². The van der Waals surface area contributed by atoms with Gasteiger partial charge in [-0.1, -0.05) is 11.6 Å². The Morgan fingerprint density at radius 1 is 1.50 bits per heavy atom. The van der Waals surface area contributed by atoms with E-state index in [2.05, 4.69) is 14.9 Å². The molecule has 0 saturated carbocycles. The molecule has 0 aliphatic carbocycles. The SMILES string of the molecule is OCC[C@@H]1CCCCN1c1ncncc1Cl. The first-order chi connectivity index (χ1) is 7.83. The molecule has 2 heterocycles. The van der Waals surface area contributed by atoms with Crippen molar-refractivity contribution >= 4 is 17.4 Å². The number of anilines is 1. The van der Waals surface area contributed by atoms with E-state index in [1.165, 1.54) is 12.7 Å². The van der Waals surface area contributed by atoms with Gasteiger partial charge in [0.25, 0.3) is 0 Å². The van der Waals surface area contributed by atoms with Crippen molar-refractivity contribution < 1.29 is 5.11 Å². The predicted molar refractivity (Wildman–Crippen MR) is 63.7 cm³/mol. The number of aliphatic hydroxyl groups excluding tert-OH is 1. The second-order valence-electron chi connectivity index (χ2n) is 4.05. The smallest absolute Gasteiger partial charge is 0.151 e. The molecular formula is C11H16ClN3O. The molecule has 16 heavy (non-hydrogen) atoms. The zero-order chi connectivity index (χ0) is 11.4. The summed E-state index contributed by atoms with van der Waals surface area (Å²) in [5.41, 5.74) is 0. The molecule has 4 nitrogen and oxygen atoms in total. The van der Waals surface area contributed by atoms with Gasteiger partial charge in [0.1, 0.15) is 11.3 Å². The molecule has 1 atom stereocenters. The maximum Gasteiger partial charge on any atom is 0.151 e. The fourth-order valence-corrected chi connectivity index (χ4v) is 2.46. The average Bonchev–Trinajstić information content (AvgIpc) is 2.31. The van der Waals surface area contributed by atoms with Crippen molar-refractivity contribution in [3.63, 3.8) is 0 Å². The van der Waals surface area contributed by atoms with E-state index in [0.29, 0.717) is 11.1 Å². The molecule has 1 N–H and O–H groups in total. The topological polar surface area (TPSA) is 49.2 Å². The summed E-state index contributed by atoms with van der Waals surface area (Å²) in [4.78, 5) is 10.3. The fourth-order valence-electron chi connectivity index (χ4n) is 2.25. The number of aliphatic hydroxyl groups is 1. The van der Waals surface area contributed by atoms with Crippen molar-refractivity contribution in [2.45, 2.75) is 31.7 Å². The van der Waals surface area contributed by atoms with Crippen LogP contribution in [0.15, 0.2) is 12.5 Å². The first kappa shape index (κ1) is 11.6. The van der Waals surface area contributed by atoms with Gasteiger partial charge in [0.2, 0.25) is 0 Å². The second-order valence-corrected chi connectivity index (χ2v) is 4.46. The molecule has 0 aromatic carbocycles. The van der Waals surface area contributed by atoms with Gasteiger partial charge in [-0.2, -0.15) is 0 Å². The minimum atomic E-state index is 0.212. The lowest BCUT2D eigenvalue weighted by Gasteiger charge is -2.36. The van der Waals surface area contributed by atoms with Crippen LogP contribution in [-0.4, -0.2) is 34.3 Å². The third kappa shape index (κ3) is 2.44. The number of piperidine rings is 1. The number of hydrogen-bond donors (Lipinski definition) is 1. The van der Waals surface area contributed by atoms with Crippen molar-refractivity contribution in [3.05, 3.63) is 17.5 Å². The molecule has 0 spiro atoms. The summed E-state index contributed by atoms with van der Waals surface area (Å²) in [7, 11) is 0. The molecule has 0 amide bonds. The van der Waals surface area contributed by atoms with Gasteiger partial charge in [-0.25, -0.2) is 9.97 Å². The standard InChI is InChI=1S/C11H16ClN3O/c12-10-7-13-8-14-11(10)15-5-2-1-3-9(15)4-6-16/h7-9,16H,1-6H2/t9-/m0/s1. The molecule has 0 bridgehead atoms. The van der Waals surface area contributed by atoms with Crippen LogP contribution in [0.25, 0.3) is 0 Å². The lowest BCUT2D eigenvalue weighted by atomic mass is 10.00. The second kappa shape index (κ2) is 5.46. The molecular weight excluding hydrogens is 226 g/mol. The number of rotatable bonds is 3. The number of aromatic nitrogens is 2. The Balaban J connectivity index is 2.19. The van der Waals surface area contributed by atoms with Crippen LogP contribution in [0.3, 0.4) is 0 Å². The first-order valence-electron chi connectivity index (χ1n) is 5.66. The molecule has 5 heteroatoms. The third-order valence-corrected chi connectivity index (χ3v) is 3.28. The van der Waals surface area contributed by atoms with Crippen molar-refractivity contribution in [1.29, 1.82) is 0 Å².